The third kappa shape index (κ3) is 1.99. The standard InChI is InChI=1S/C18H27NS/c1-10-4-16(11(2)20-10)18(19-3)17-14-6-12-5-13(8-14)9-15(17)7-12/h4,12-15,17-19H,5-9H2,1-3H3. The number of hydrogen-bond donors (Lipinski definition) is 1. The molecule has 110 valence electrons. The van der Waals surface area contributed by atoms with Gasteiger partial charge in [-0.2, -0.15) is 0 Å². The first-order valence-corrected chi connectivity index (χ1v) is 9.21. The highest BCUT2D eigenvalue weighted by molar-refractivity contribution is 7.12. The van der Waals surface area contributed by atoms with Crippen LogP contribution in [0.3, 0.4) is 0 Å². The van der Waals surface area contributed by atoms with Crippen molar-refractivity contribution in [3.63, 3.8) is 0 Å². The maximum absolute atomic E-state index is 3.71. The van der Waals surface area contributed by atoms with Gasteiger partial charge in [0.1, 0.15) is 0 Å². The quantitative estimate of drug-likeness (QED) is 0.850. The summed E-state index contributed by atoms with van der Waals surface area (Å²) in [4.78, 5) is 3.01. The molecule has 0 radical (unpaired) electrons. The molecule has 1 nitrogen and oxygen atoms in total. The van der Waals surface area contributed by atoms with Gasteiger partial charge < -0.3 is 5.32 Å². The van der Waals surface area contributed by atoms with Gasteiger partial charge in [0.25, 0.3) is 0 Å². The summed E-state index contributed by atoms with van der Waals surface area (Å²) in [5.74, 6) is 5.07. The Bertz CT molecular complexity index is 476. The zero-order valence-electron chi connectivity index (χ0n) is 13.0. The van der Waals surface area contributed by atoms with E-state index in [2.05, 4.69) is 32.3 Å². The van der Waals surface area contributed by atoms with Gasteiger partial charge in [0.05, 0.1) is 0 Å². The molecule has 0 aromatic carbocycles. The van der Waals surface area contributed by atoms with Crippen molar-refractivity contribution >= 4 is 11.3 Å². The summed E-state index contributed by atoms with van der Waals surface area (Å²) in [6.07, 6.45) is 7.66. The van der Waals surface area contributed by atoms with Gasteiger partial charge in [-0.25, -0.2) is 0 Å². The molecule has 1 aromatic heterocycles. The van der Waals surface area contributed by atoms with Crippen LogP contribution >= 0.6 is 11.3 Å². The van der Waals surface area contributed by atoms with E-state index in [1.807, 2.05) is 11.3 Å². The second-order valence-corrected chi connectivity index (χ2v) is 9.10. The lowest BCUT2D eigenvalue weighted by molar-refractivity contribution is -0.0515. The fraction of sp³-hybridized carbons (Fsp3) is 0.778. The Labute approximate surface area is 127 Å². The van der Waals surface area contributed by atoms with E-state index in [-0.39, 0.29) is 0 Å². The first-order chi connectivity index (χ1) is 9.65. The van der Waals surface area contributed by atoms with E-state index in [4.69, 9.17) is 0 Å². The number of rotatable bonds is 3. The maximum Gasteiger partial charge on any atom is 0.0362 e. The van der Waals surface area contributed by atoms with E-state index in [0.29, 0.717) is 6.04 Å². The molecule has 1 heterocycles. The molecule has 4 aliphatic rings. The minimum absolute atomic E-state index is 0.606. The highest BCUT2D eigenvalue weighted by atomic mass is 32.1. The normalized spacial score (nSPS) is 40.2. The highest BCUT2D eigenvalue weighted by Crippen LogP contribution is 2.59. The van der Waals surface area contributed by atoms with E-state index >= 15 is 0 Å². The van der Waals surface area contributed by atoms with Crippen molar-refractivity contribution in [2.45, 2.75) is 52.0 Å². The summed E-state index contributed by atoms with van der Waals surface area (Å²) in [6.45, 7) is 4.57. The van der Waals surface area contributed by atoms with Gasteiger partial charge in [0, 0.05) is 15.8 Å². The number of aryl methyl sites for hydroxylation is 2. The molecule has 1 N–H and O–H groups in total. The maximum atomic E-state index is 3.71. The lowest BCUT2D eigenvalue weighted by Crippen LogP contribution is -2.49. The molecule has 0 spiro atoms. The van der Waals surface area contributed by atoms with Crippen molar-refractivity contribution in [3.8, 4) is 0 Å². The molecule has 20 heavy (non-hydrogen) atoms. The third-order valence-electron chi connectivity index (χ3n) is 6.41. The highest BCUT2D eigenvalue weighted by Gasteiger charge is 2.50. The molecule has 2 heteroatoms. The summed E-state index contributed by atoms with van der Waals surface area (Å²) in [6, 6.07) is 3.06. The summed E-state index contributed by atoms with van der Waals surface area (Å²) < 4.78 is 0. The van der Waals surface area contributed by atoms with Crippen molar-refractivity contribution in [1.29, 1.82) is 0 Å². The monoisotopic (exact) mass is 289 g/mol. The molecule has 5 rings (SSSR count). The lowest BCUT2D eigenvalue weighted by Gasteiger charge is -2.56. The number of nitrogens with one attached hydrogen (secondary N) is 1. The van der Waals surface area contributed by atoms with Crippen molar-refractivity contribution < 1.29 is 0 Å². The zero-order chi connectivity index (χ0) is 13.9. The van der Waals surface area contributed by atoms with Gasteiger partial charge in [-0.05, 0) is 94.2 Å². The van der Waals surface area contributed by atoms with Gasteiger partial charge in [0.15, 0.2) is 0 Å². The van der Waals surface area contributed by atoms with Gasteiger partial charge >= 0.3 is 0 Å². The van der Waals surface area contributed by atoms with Crippen LogP contribution < -0.4 is 5.32 Å². The Morgan fingerprint density at radius 1 is 1.05 bits per heavy atom. The van der Waals surface area contributed by atoms with Gasteiger partial charge in [0.2, 0.25) is 0 Å². The number of thiophene rings is 1. The second-order valence-electron chi connectivity index (χ2n) is 7.64. The Morgan fingerprint density at radius 2 is 1.65 bits per heavy atom. The zero-order valence-corrected chi connectivity index (χ0v) is 13.8. The minimum atomic E-state index is 0.606. The molecule has 4 fully saturated rings. The fourth-order valence-electron chi connectivity index (χ4n) is 6.03. The van der Waals surface area contributed by atoms with Crippen molar-refractivity contribution in [2.24, 2.45) is 29.6 Å². The molecule has 1 atom stereocenters. The molecule has 4 aliphatic carbocycles. The van der Waals surface area contributed by atoms with Crippen LogP contribution in [-0.4, -0.2) is 7.05 Å². The predicted molar refractivity (Wildman–Crippen MR) is 86.1 cm³/mol. The predicted octanol–water partition coefficient (Wildman–Crippen LogP) is 4.70. The molecular weight excluding hydrogens is 262 g/mol. The van der Waals surface area contributed by atoms with Crippen molar-refractivity contribution in [3.05, 3.63) is 21.4 Å². The number of hydrogen-bond acceptors (Lipinski definition) is 2. The van der Waals surface area contributed by atoms with Crippen LogP contribution in [-0.2, 0) is 0 Å². The van der Waals surface area contributed by atoms with Crippen LogP contribution in [0.25, 0.3) is 0 Å². The summed E-state index contributed by atoms with van der Waals surface area (Å²) in [5, 5.41) is 3.71. The van der Waals surface area contributed by atoms with E-state index in [1.54, 1.807) is 12.0 Å². The SMILES string of the molecule is CNC(c1cc(C)sc1C)C1C2CC3CC(C2)CC1C3. The van der Waals surface area contributed by atoms with Gasteiger partial charge in [-0.3, -0.25) is 0 Å². The van der Waals surface area contributed by atoms with Gasteiger partial charge in [-0.15, -0.1) is 11.3 Å². The molecule has 4 bridgehead atoms. The van der Waals surface area contributed by atoms with Crippen LogP contribution in [0.1, 0.15) is 53.5 Å². The average Bonchev–Trinajstić information content (AvgIpc) is 2.72. The molecule has 0 aliphatic heterocycles. The first-order valence-electron chi connectivity index (χ1n) is 8.40. The summed E-state index contributed by atoms with van der Waals surface area (Å²) >= 11 is 1.97. The summed E-state index contributed by atoms with van der Waals surface area (Å²) in [7, 11) is 2.18. The molecule has 1 unspecified atom stereocenters. The average molecular weight is 289 g/mol. The first kappa shape index (κ1) is 13.3. The van der Waals surface area contributed by atoms with E-state index < -0.39 is 0 Å². The van der Waals surface area contributed by atoms with Crippen LogP contribution in [0.2, 0.25) is 0 Å². The Kier molecular flexibility index (Phi) is 3.23. The van der Waals surface area contributed by atoms with E-state index in [9.17, 15) is 0 Å². The summed E-state index contributed by atoms with van der Waals surface area (Å²) in [5.41, 5.74) is 1.60. The van der Waals surface area contributed by atoms with Gasteiger partial charge in [-0.1, -0.05) is 0 Å². The van der Waals surface area contributed by atoms with Crippen molar-refractivity contribution in [2.75, 3.05) is 7.05 Å². The Hall–Kier alpha value is -0.340. The molecular formula is C18H27NS. The Balaban J connectivity index is 1.66. The van der Waals surface area contributed by atoms with Crippen molar-refractivity contribution in [1.82, 2.24) is 5.32 Å². The topological polar surface area (TPSA) is 12.0 Å². The second kappa shape index (κ2) is 4.84. The van der Waals surface area contributed by atoms with Crippen LogP contribution in [0.5, 0.6) is 0 Å². The molecule has 0 saturated heterocycles. The van der Waals surface area contributed by atoms with Crippen LogP contribution in [0, 0.1) is 43.4 Å². The molecule has 4 saturated carbocycles. The van der Waals surface area contributed by atoms with E-state index in [0.717, 1.165) is 29.6 Å². The molecule has 1 aromatic rings. The minimum Gasteiger partial charge on any atom is -0.313 e. The largest absolute Gasteiger partial charge is 0.313 e. The Morgan fingerprint density at radius 3 is 2.10 bits per heavy atom. The van der Waals surface area contributed by atoms with Crippen LogP contribution in [0.15, 0.2) is 6.07 Å². The lowest BCUT2D eigenvalue weighted by atomic mass is 9.50. The van der Waals surface area contributed by atoms with Crippen LogP contribution in [0.4, 0.5) is 0 Å². The van der Waals surface area contributed by atoms with E-state index in [1.165, 1.54) is 35.4 Å². The third-order valence-corrected chi connectivity index (χ3v) is 7.39. The smallest absolute Gasteiger partial charge is 0.0362 e. The molecule has 0 amide bonds. The fourth-order valence-corrected chi connectivity index (χ4v) is 7.00.